The minimum absolute atomic E-state index is 0.0226. The Morgan fingerprint density at radius 3 is 2.73 bits per heavy atom. The SMILES string of the molecule is Cc1cc(F)c2ncc(-c3noc([C@@H](C)N(C)C)n3)cc2c1. The van der Waals surface area contributed by atoms with Gasteiger partial charge in [-0.1, -0.05) is 5.16 Å². The molecule has 22 heavy (non-hydrogen) atoms. The predicted octanol–water partition coefficient (Wildman–Crippen LogP) is 3.35. The molecule has 0 aliphatic heterocycles. The Morgan fingerprint density at radius 1 is 1.23 bits per heavy atom. The number of nitrogens with zero attached hydrogens (tertiary/aromatic N) is 4. The zero-order valence-electron chi connectivity index (χ0n) is 13.0. The number of hydrogen-bond acceptors (Lipinski definition) is 5. The van der Waals surface area contributed by atoms with Crippen LogP contribution in [0.5, 0.6) is 0 Å². The third kappa shape index (κ3) is 2.57. The maximum absolute atomic E-state index is 13.9. The molecule has 0 spiro atoms. The zero-order chi connectivity index (χ0) is 15.9. The summed E-state index contributed by atoms with van der Waals surface area (Å²) in [6, 6.07) is 5.21. The number of rotatable bonds is 3. The number of aromatic nitrogens is 3. The van der Waals surface area contributed by atoms with Crippen LogP contribution in [0.4, 0.5) is 4.39 Å². The molecule has 5 nitrogen and oxygen atoms in total. The lowest BCUT2D eigenvalue weighted by Crippen LogP contribution is -2.16. The number of pyridine rings is 1. The second kappa shape index (κ2) is 5.46. The van der Waals surface area contributed by atoms with Crippen molar-refractivity contribution in [1.82, 2.24) is 20.0 Å². The maximum atomic E-state index is 13.9. The summed E-state index contributed by atoms with van der Waals surface area (Å²) in [6.07, 6.45) is 1.57. The smallest absolute Gasteiger partial charge is 0.244 e. The van der Waals surface area contributed by atoms with Gasteiger partial charge in [0.05, 0.1) is 6.04 Å². The number of fused-ring (bicyclic) bond motifs is 1. The van der Waals surface area contributed by atoms with Gasteiger partial charge in [0.1, 0.15) is 11.3 Å². The van der Waals surface area contributed by atoms with Gasteiger partial charge in [-0.15, -0.1) is 0 Å². The molecule has 2 heterocycles. The van der Waals surface area contributed by atoms with E-state index in [1.165, 1.54) is 6.07 Å². The van der Waals surface area contributed by atoms with Gasteiger partial charge in [0.2, 0.25) is 11.7 Å². The number of halogens is 1. The van der Waals surface area contributed by atoms with Crippen molar-refractivity contribution < 1.29 is 8.91 Å². The van der Waals surface area contributed by atoms with E-state index in [0.29, 0.717) is 22.8 Å². The highest BCUT2D eigenvalue weighted by atomic mass is 19.1. The van der Waals surface area contributed by atoms with Crippen LogP contribution < -0.4 is 0 Å². The van der Waals surface area contributed by atoms with Gasteiger partial charge in [-0.25, -0.2) is 4.39 Å². The number of benzene rings is 1. The first-order valence-electron chi connectivity index (χ1n) is 7.02. The summed E-state index contributed by atoms with van der Waals surface area (Å²) < 4.78 is 19.2. The second-order valence-corrected chi connectivity index (χ2v) is 5.64. The summed E-state index contributed by atoms with van der Waals surface area (Å²) >= 11 is 0. The normalized spacial score (nSPS) is 13.0. The molecule has 3 rings (SSSR count). The predicted molar refractivity (Wildman–Crippen MR) is 81.8 cm³/mol. The molecule has 2 aromatic heterocycles. The maximum Gasteiger partial charge on any atom is 0.244 e. The Labute approximate surface area is 127 Å². The lowest BCUT2D eigenvalue weighted by molar-refractivity contribution is 0.245. The van der Waals surface area contributed by atoms with Crippen molar-refractivity contribution in [3.8, 4) is 11.4 Å². The van der Waals surface area contributed by atoms with Crippen LogP contribution in [0.15, 0.2) is 28.9 Å². The van der Waals surface area contributed by atoms with Gasteiger partial charge in [-0.3, -0.25) is 9.88 Å². The van der Waals surface area contributed by atoms with Gasteiger partial charge in [0.15, 0.2) is 0 Å². The molecule has 0 aliphatic carbocycles. The molecule has 1 aromatic carbocycles. The van der Waals surface area contributed by atoms with E-state index in [2.05, 4.69) is 15.1 Å². The highest BCUT2D eigenvalue weighted by molar-refractivity contribution is 5.83. The van der Waals surface area contributed by atoms with Crippen LogP contribution in [0, 0.1) is 12.7 Å². The first-order valence-corrected chi connectivity index (χ1v) is 7.02. The third-order valence-corrected chi connectivity index (χ3v) is 3.71. The molecule has 6 heteroatoms. The van der Waals surface area contributed by atoms with Gasteiger partial charge in [-0.2, -0.15) is 4.98 Å². The Hall–Kier alpha value is -2.34. The van der Waals surface area contributed by atoms with E-state index in [1.54, 1.807) is 6.20 Å². The topological polar surface area (TPSA) is 55.1 Å². The molecule has 0 bridgehead atoms. The summed E-state index contributed by atoms with van der Waals surface area (Å²) in [4.78, 5) is 10.6. The molecule has 0 unspecified atom stereocenters. The van der Waals surface area contributed by atoms with Crippen LogP contribution in [-0.2, 0) is 0 Å². The fourth-order valence-electron chi connectivity index (χ4n) is 2.21. The largest absolute Gasteiger partial charge is 0.337 e. The lowest BCUT2D eigenvalue weighted by Gasteiger charge is -2.14. The Kier molecular flexibility index (Phi) is 3.62. The van der Waals surface area contributed by atoms with Crippen molar-refractivity contribution in [2.24, 2.45) is 0 Å². The van der Waals surface area contributed by atoms with Gasteiger partial charge in [0.25, 0.3) is 0 Å². The number of hydrogen-bond donors (Lipinski definition) is 0. The van der Waals surface area contributed by atoms with Crippen LogP contribution in [-0.4, -0.2) is 34.1 Å². The summed E-state index contributed by atoms with van der Waals surface area (Å²) in [6.45, 7) is 3.83. The number of aryl methyl sites for hydroxylation is 1. The molecule has 1 atom stereocenters. The third-order valence-electron chi connectivity index (χ3n) is 3.71. The van der Waals surface area contributed by atoms with Crippen LogP contribution in [0.1, 0.15) is 24.4 Å². The first-order chi connectivity index (χ1) is 10.5. The van der Waals surface area contributed by atoms with Gasteiger partial charge >= 0.3 is 0 Å². The minimum Gasteiger partial charge on any atom is -0.337 e. The Morgan fingerprint density at radius 2 is 2.00 bits per heavy atom. The fourth-order valence-corrected chi connectivity index (χ4v) is 2.21. The quantitative estimate of drug-likeness (QED) is 0.742. The molecule has 0 radical (unpaired) electrons. The van der Waals surface area contributed by atoms with Crippen molar-refractivity contribution >= 4 is 10.9 Å². The van der Waals surface area contributed by atoms with Crippen molar-refractivity contribution in [2.75, 3.05) is 14.1 Å². The highest BCUT2D eigenvalue weighted by Gasteiger charge is 2.17. The molecule has 0 aliphatic rings. The average Bonchev–Trinajstić information content (AvgIpc) is 2.95. The molecule has 0 saturated carbocycles. The molecule has 0 fully saturated rings. The molecule has 0 N–H and O–H groups in total. The van der Waals surface area contributed by atoms with Gasteiger partial charge in [0, 0.05) is 17.1 Å². The lowest BCUT2D eigenvalue weighted by atomic mass is 10.1. The summed E-state index contributed by atoms with van der Waals surface area (Å²) in [5.41, 5.74) is 1.90. The first kappa shape index (κ1) is 14.6. The Balaban J connectivity index is 2.04. The Bertz CT molecular complexity index is 828. The van der Waals surface area contributed by atoms with Crippen molar-refractivity contribution in [3.63, 3.8) is 0 Å². The van der Waals surface area contributed by atoms with Crippen LogP contribution in [0.25, 0.3) is 22.3 Å². The van der Waals surface area contributed by atoms with E-state index in [4.69, 9.17) is 4.52 Å². The zero-order valence-corrected chi connectivity index (χ0v) is 13.0. The van der Waals surface area contributed by atoms with Crippen LogP contribution in [0.3, 0.4) is 0 Å². The van der Waals surface area contributed by atoms with Crippen LogP contribution in [0.2, 0.25) is 0 Å². The summed E-state index contributed by atoms with van der Waals surface area (Å²) in [5, 5.41) is 4.72. The van der Waals surface area contributed by atoms with Crippen molar-refractivity contribution in [3.05, 3.63) is 41.7 Å². The second-order valence-electron chi connectivity index (χ2n) is 5.64. The monoisotopic (exact) mass is 300 g/mol. The molecular formula is C16H17FN4O. The van der Waals surface area contributed by atoms with E-state index in [-0.39, 0.29) is 11.9 Å². The molecular weight excluding hydrogens is 283 g/mol. The summed E-state index contributed by atoms with van der Waals surface area (Å²) in [5.74, 6) is 0.673. The molecule has 0 saturated heterocycles. The minimum atomic E-state index is -0.323. The van der Waals surface area contributed by atoms with E-state index >= 15 is 0 Å². The van der Waals surface area contributed by atoms with Crippen molar-refractivity contribution in [2.45, 2.75) is 19.9 Å². The van der Waals surface area contributed by atoms with E-state index in [9.17, 15) is 4.39 Å². The molecule has 0 amide bonds. The fraction of sp³-hybridized carbons (Fsp3) is 0.312. The average molecular weight is 300 g/mol. The van der Waals surface area contributed by atoms with Gasteiger partial charge in [-0.05, 0) is 51.7 Å². The standard InChI is InChI=1S/C16H17FN4O/c1-9-5-11-7-12(8-18-14(11)13(17)6-9)15-19-16(22-20-15)10(2)21(3)4/h5-8,10H,1-4H3/t10-/m1/s1. The summed E-state index contributed by atoms with van der Waals surface area (Å²) in [7, 11) is 3.88. The van der Waals surface area contributed by atoms with Crippen LogP contribution >= 0.6 is 0 Å². The van der Waals surface area contributed by atoms with E-state index in [1.807, 2.05) is 45.0 Å². The highest BCUT2D eigenvalue weighted by Crippen LogP contribution is 2.25. The molecule has 114 valence electrons. The molecule has 3 aromatic rings. The van der Waals surface area contributed by atoms with Gasteiger partial charge < -0.3 is 4.52 Å². The van der Waals surface area contributed by atoms with Crippen molar-refractivity contribution in [1.29, 1.82) is 0 Å². The van der Waals surface area contributed by atoms with E-state index < -0.39 is 0 Å². The van der Waals surface area contributed by atoms with E-state index in [0.717, 1.165) is 10.9 Å².